The van der Waals surface area contributed by atoms with Gasteiger partial charge in [-0.25, -0.2) is 0 Å². The SMILES string of the molecule is C/C=C\C(NCC)c1ccc(C)s1. The topological polar surface area (TPSA) is 12.0 Å². The first-order valence-electron chi connectivity index (χ1n) is 4.70. The van der Waals surface area contributed by atoms with Crippen molar-refractivity contribution >= 4 is 11.3 Å². The summed E-state index contributed by atoms with van der Waals surface area (Å²) in [6, 6.07) is 4.77. The summed E-state index contributed by atoms with van der Waals surface area (Å²) >= 11 is 1.86. The van der Waals surface area contributed by atoms with Gasteiger partial charge in [0.05, 0.1) is 6.04 Å². The first-order valence-corrected chi connectivity index (χ1v) is 5.52. The monoisotopic (exact) mass is 195 g/mol. The van der Waals surface area contributed by atoms with Crippen LogP contribution in [-0.4, -0.2) is 6.54 Å². The van der Waals surface area contributed by atoms with Crippen LogP contribution in [0.25, 0.3) is 0 Å². The van der Waals surface area contributed by atoms with E-state index in [1.165, 1.54) is 9.75 Å². The lowest BCUT2D eigenvalue weighted by Crippen LogP contribution is -2.17. The summed E-state index contributed by atoms with van der Waals surface area (Å²) < 4.78 is 0. The Morgan fingerprint density at radius 3 is 2.77 bits per heavy atom. The van der Waals surface area contributed by atoms with Crippen molar-refractivity contribution in [1.82, 2.24) is 5.32 Å². The van der Waals surface area contributed by atoms with Crippen LogP contribution in [0.3, 0.4) is 0 Å². The highest BCUT2D eigenvalue weighted by Gasteiger charge is 2.07. The predicted molar refractivity (Wildman–Crippen MR) is 60.3 cm³/mol. The third-order valence-electron chi connectivity index (χ3n) is 1.88. The maximum absolute atomic E-state index is 3.44. The standard InChI is InChI=1S/C11H17NS/c1-4-6-10(12-5-2)11-8-7-9(3)13-11/h4,6-8,10,12H,5H2,1-3H3/b6-4-. The Bertz CT molecular complexity index is 275. The average molecular weight is 195 g/mol. The molecule has 0 amide bonds. The van der Waals surface area contributed by atoms with E-state index in [4.69, 9.17) is 0 Å². The lowest BCUT2D eigenvalue weighted by atomic mass is 10.2. The fraction of sp³-hybridized carbons (Fsp3) is 0.455. The predicted octanol–water partition coefficient (Wildman–Crippen LogP) is 3.28. The number of hydrogen-bond acceptors (Lipinski definition) is 2. The third kappa shape index (κ3) is 2.98. The van der Waals surface area contributed by atoms with Crippen LogP contribution in [0.5, 0.6) is 0 Å². The molecule has 0 aromatic carbocycles. The van der Waals surface area contributed by atoms with Crippen molar-refractivity contribution in [1.29, 1.82) is 0 Å². The van der Waals surface area contributed by atoms with Gasteiger partial charge in [-0.3, -0.25) is 0 Å². The molecule has 1 aromatic heterocycles. The second-order valence-electron chi connectivity index (χ2n) is 3.01. The smallest absolute Gasteiger partial charge is 0.0600 e. The van der Waals surface area contributed by atoms with Gasteiger partial charge in [-0.05, 0) is 32.5 Å². The zero-order valence-electron chi connectivity index (χ0n) is 8.50. The third-order valence-corrected chi connectivity index (χ3v) is 2.96. The summed E-state index contributed by atoms with van der Waals surface area (Å²) in [6.07, 6.45) is 4.30. The minimum Gasteiger partial charge on any atom is -0.306 e. The van der Waals surface area contributed by atoms with Crippen molar-refractivity contribution in [2.24, 2.45) is 0 Å². The van der Waals surface area contributed by atoms with E-state index in [1.807, 2.05) is 11.3 Å². The van der Waals surface area contributed by atoms with Crippen molar-refractivity contribution < 1.29 is 0 Å². The van der Waals surface area contributed by atoms with Crippen LogP contribution in [0.1, 0.15) is 29.6 Å². The lowest BCUT2D eigenvalue weighted by Gasteiger charge is -2.10. The number of rotatable bonds is 4. The Morgan fingerprint density at radius 1 is 1.54 bits per heavy atom. The molecule has 1 aromatic rings. The molecule has 0 fully saturated rings. The van der Waals surface area contributed by atoms with Crippen molar-refractivity contribution in [3.05, 3.63) is 34.0 Å². The Kier molecular flexibility index (Phi) is 4.19. The van der Waals surface area contributed by atoms with E-state index in [0.717, 1.165) is 6.54 Å². The van der Waals surface area contributed by atoms with Crippen LogP contribution in [-0.2, 0) is 0 Å². The maximum Gasteiger partial charge on any atom is 0.0600 e. The van der Waals surface area contributed by atoms with E-state index in [1.54, 1.807) is 0 Å². The molecular weight excluding hydrogens is 178 g/mol. The summed E-state index contributed by atoms with van der Waals surface area (Å²) in [5.41, 5.74) is 0. The van der Waals surface area contributed by atoms with Gasteiger partial charge in [-0.1, -0.05) is 19.1 Å². The molecule has 1 atom stereocenters. The normalized spacial score (nSPS) is 13.8. The molecule has 1 unspecified atom stereocenters. The molecule has 0 saturated heterocycles. The molecule has 0 aliphatic rings. The van der Waals surface area contributed by atoms with E-state index >= 15 is 0 Å². The zero-order chi connectivity index (χ0) is 9.68. The molecule has 1 nitrogen and oxygen atoms in total. The van der Waals surface area contributed by atoms with Gasteiger partial charge < -0.3 is 5.32 Å². The van der Waals surface area contributed by atoms with E-state index in [2.05, 4.69) is 50.4 Å². The Morgan fingerprint density at radius 2 is 2.31 bits per heavy atom. The number of allylic oxidation sites excluding steroid dienone is 1. The average Bonchev–Trinajstić information content (AvgIpc) is 2.51. The molecule has 72 valence electrons. The minimum absolute atomic E-state index is 0.397. The molecular formula is C11H17NS. The molecule has 0 aliphatic heterocycles. The Labute approximate surface area is 84.5 Å². The number of nitrogens with one attached hydrogen (secondary N) is 1. The minimum atomic E-state index is 0.397. The highest BCUT2D eigenvalue weighted by atomic mass is 32.1. The molecule has 1 N–H and O–H groups in total. The quantitative estimate of drug-likeness (QED) is 0.727. The van der Waals surface area contributed by atoms with Crippen molar-refractivity contribution in [3.63, 3.8) is 0 Å². The fourth-order valence-corrected chi connectivity index (χ4v) is 2.23. The van der Waals surface area contributed by atoms with E-state index in [-0.39, 0.29) is 0 Å². The van der Waals surface area contributed by atoms with Gasteiger partial charge in [0.1, 0.15) is 0 Å². The van der Waals surface area contributed by atoms with Gasteiger partial charge in [0, 0.05) is 9.75 Å². The molecule has 0 saturated carbocycles. The molecule has 0 radical (unpaired) electrons. The first kappa shape index (κ1) is 10.5. The first-order chi connectivity index (χ1) is 6.27. The number of thiophene rings is 1. The van der Waals surface area contributed by atoms with E-state index < -0.39 is 0 Å². The zero-order valence-corrected chi connectivity index (χ0v) is 9.32. The molecule has 1 heterocycles. The van der Waals surface area contributed by atoms with Crippen LogP contribution < -0.4 is 5.32 Å². The largest absolute Gasteiger partial charge is 0.306 e. The van der Waals surface area contributed by atoms with Gasteiger partial charge in [0.15, 0.2) is 0 Å². The second-order valence-corrected chi connectivity index (χ2v) is 4.33. The molecule has 0 spiro atoms. The molecule has 1 rings (SSSR count). The summed E-state index contributed by atoms with van der Waals surface area (Å²) in [7, 11) is 0. The number of hydrogen-bond donors (Lipinski definition) is 1. The fourth-order valence-electron chi connectivity index (χ4n) is 1.30. The lowest BCUT2D eigenvalue weighted by molar-refractivity contribution is 0.656. The van der Waals surface area contributed by atoms with Crippen molar-refractivity contribution in [2.45, 2.75) is 26.8 Å². The highest BCUT2D eigenvalue weighted by Crippen LogP contribution is 2.23. The van der Waals surface area contributed by atoms with Crippen molar-refractivity contribution in [2.75, 3.05) is 6.54 Å². The number of aryl methyl sites for hydroxylation is 1. The molecule has 0 aliphatic carbocycles. The van der Waals surface area contributed by atoms with Crippen molar-refractivity contribution in [3.8, 4) is 0 Å². The van der Waals surface area contributed by atoms with Crippen LogP contribution in [0.2, 0.25) is 0 Å². The molecule has 2 heteroatoms. The summed E-state index contributed by atoms with van der Waals surface area (Å²) in [5, 5.41) is 3.44. The van der Waals surface area contributed by atoms with E-state index in [0.29, 0.717) is 6.04 Å². The van der Waals surface area contributed by atoms with E-state index in [9.17, 15) is 0 Å². The van der Waals surface area contributed by atoms with Gasteiger partial charge >= 0.3 is 0 Å². The summed E-state index contributed by atoms with van der Waals surface area (Å²) in [4.78, 5) is 2.78. The van der Waals surface area contributed by atoms with Gasteiger partial charge in [0.25, 0.3) is 0 Å². The van der Waals surface area contributed by atoms with Crippen LogP contribution >= 0.6 is 11.3 Å². The maximum atomic E-state index is 3.44. The number of likely N-dealkylation sites (N-methyl/N-ethyl adjacent to an activating group) is 1. The summed E-state index contributed by atoms with van der Waals surface area (Å²) in [6.45, 7) is 7.35. The van der Waals surface area contributed by atoms with Gasteiger partial charge in [-0.15, -0.1) is 11.3 Å². The Balaban J connectivity index is 2.75. The van der Waals surface area contributed by atoms with Crippen LogP contribution in [0, 0.1) is 6.92 Å². The second kappa shape index (κ2) is 5.20. The van der Waals surface area contributed by atoms with Gasteiger partial charge in [-0.2, -0.15) is 0 Å². The molecule has 13 heavy (non-hydrogen) atoms. The molecule has 0 bridgehead atoms. The van der Waals surface area contributed by atoms with Crippen LogP contribution in [0.4, 0.5) is 0 Å². The Hall–Kier alpha value is -0.600. The van der Waals surface area contributed by atoms with Gasteiger partial charge in [0.2, 0.25) is 0 Å². The van der Waals surface area contributed by atoms with Crippen LogP contribution in [0.15, 0.2) is 24.3 Å². The summed E-state index contributed by atoms with van der Waals surface area (Å²) in [5.74, 6) is 0. The highest BCUT2D eigenvalue weighted by molar-refractivity contribution is 7.12.